The molecule has 4 bridgehead atoms. The van der Waals surface area contributed by atoms with Gasteiger partial charge in [0.2, 0.25) is 11.9 Å². The van der Waals surface area contributed by atoms with Crippen molar-refractivity contribution in [3.8, 4) is 0 Å². The smallest absolute Gasteiger partial charge is 0.230 e. The number of carbonyl (C=O) groups is 1. The van der Waals surface area contributed by atoms with Crippen molar-refractivity contribution in [2.45, 2.75) is 69.4 Å². The summed E-state index contributed by atoms with van der Waals surface area (Å²) in [5, 5.41) is 15.1. The molecule has 6 rings (SSSR count). The molecular weight excluding hydrogens is 356 g/mol. The van der Waals surface area contributed by atoms with Crippen LogP contribution in [0.2, 0.25) is 0 Å². The minimum atomic E-state index is -0.836. The van der Waals surface area contributed by atoms with Crippen molar-refractivity contribution >= 4 is 5.91 Å². The minimum absolute atomic E-state index is 0.00863. The molecule has 3 unspecified atom stereocenters. The Morgan fingerprint density at radius 2 is 1.75 bits per heavy atom. The topological polar surface area (TPSA) is 98.0 Å². The van der Waals surface area contributed by atoms with E-state index in [0.717, 1.165) is 24.0 Å². The zero-order chi connectivity index (χ0) is 19.3. The Kier molecular flexibility index (Phi) is 4.56. The van der Waals surface area contributed by atoms with Crippen LogP contribution in [0.3, 0.4) is 0 Å². The van der Waals surface area contributed by atoms with Gasteiger partial charge in [0.1, 0.15) is 5.92 Å². The fraction of sp³-hybridized carbons (Fsp3) is 0.762. The van der Waals surface area contributed by atoms with E-state index in [1.807, 2.05) is 0 Å². The summed E-state index contributed by atoms with van der Waals surface area (Å²) in [7, 11) is 0. The molecule has 0 saturated heterocycles. The number of amides is 1. The molecule has 5 saturated carbocycles. The van der Waals surface area contributed by atoms with Gasteiger partial charge in [0.05, 0.1) is 5.69 Å². The molecule has 150 valence electrons. The molecule has 0 aromatic carbocycles. The average Bonchev–Trinajstić information content (AvgIpc) is 2.70. The molecule has 0 aliphatic heterocycles. The van der Waals surface area contributed by atoms with Gasteiger partial charge in [0.15, 0.2) is 0 Å². The molecule has 1 aromatic heterocycles. The quantitative estimate of drug-likeness (QED) is 0.636. The van der Waals surface area contributed by atoms with Crippen molar-refractivity contribution in [2.24, 2.45) is 29.6 Å². The number of nitrogens with zero attached hydrogens (tertiary/aromatic N) is 3. The first-order valence-corrected chi connectivity index (χ1v) is 10.8. The minimum Gasteiger partial charge on any atom is -0.352 e. The van der Waals surface area contributed by atoms with Gasteiger partial charge in [-0.2, -0.15) is 0 Å². The first-order valence-electron chi connectivity index (χ1n) is 10.8. The summed E-state index contributed by atoms with van der Waals surface area (Å²) in [6.45, 7) is 0. The molecule has 5 aliphatic carbocycles. The number of carbonyl (C=O) groups excluding carboxylic acids is 1. The Labute approximate surface area is 164 Å². The highest BCUT2D eigenvalue weighted by molar-refractivity contribution is 5.79. The van der Waals surface area contributed by atoms with E-state index >= 15 is 0 Å². The predicted molar refractivity (Wildman–Crippen MR) is 102 cm³/mol. The second kappa shape index (κ2) is 7.08. The van der Waals surface area contributed by atoms with Crippen LogP contribution in [0.25, 0.3) is 0 Å². The second-order valence-electron chi connectivity index (χ2n) is 9.56. The number of nitro groups is 1. The standard InChI is InChI=1S/C21H28N4O3/c26-21(24-20-15-6-12-5-13(8-15)9-16(20)7-12)17-2-1-14(10-19(17)25(27)28)18-11-22-3-4-23-18/h3-4,11-17,19-20H,1-2,5-10H2,(H,24,26). The van der Waals surface area contributed by atoms with Crippen LogP contribution in [0.1, 0.15) is 63.0 Å². The number of hydrogen-bond donors (Lipinski definition) is 1. The number of hydrogen-bond acceptors (Lipinski definition) is 5. The highest BCUT2D eigenvalue weighted by atomic mass is 16.6. The lowest BCUT2D eigenvalue weighted by atomic mass is 9.54. The van der Waals surface area contributed by atoms with Crippen LogP contribution in [0.15, 0.2) is 18.6 Å². The van der Waals surface area contributed by atoms with E-state index < -0.39 is 12.0 Å². The first-order chi connectivity index (χ1) is 13.6. The molecular formula is C21H28N4O3. The monoisotopic (exact) mass is 384 g/mol. The Balaban J connectivity index is 1.27. The van der Waals surface area contributed by atoms with Crippen LogP contribution in [-0.2, 0) is 4.79 Å². The van der Waals surface area contributed by atoms with E-state index in [1.165, 1.54) is 32.1 Å². The van der Waals surface area contributed by atoms with Gasteiger partial charge in [0, 0.05) is 41.9 Å². The normalized spacial score (nSPS) is 41.6. The summed E-state index contributed by atoms with van der Waals surface area (Å²) < 4.78 is 0. The van der Waals surface area contributed by atoms with Crippen molar-refractivity contribution in [1.29, 1.82) is 0 Å². The molecule has 1 heterocycles. The lowest BCUT2D eigenvalue weighted by Gasteiger charge is -2.54. The lowest BCUT2D eigenvalue weighted by molar-refractivity contribution is -0.533. The first kappa shape index (κ1) is 18.0. The van der Waals surface area contributed by atoms with E-state index in [-0.39, 0.29) is 22.8 Å². The Hall–Kier alpha value is -2.05. The summed E-state index contributed by atoms with van der Waals surface area (Å²) in [5.74, 6) is 2.27. The lowest BCUT2D eigenvalue weighted by Crippen LogP contribution is -2.58. The molecule has 1 amide bonds. The molecule has 1 aromatic rings. The number of aromatic nitrogens is 2. The average molecular weight is 384 g/mol. The summed E-state index contributed by atoms with van der Waals surface area (Å²) >= 11 is 0. The second-order valence-corrected chi connectivity index (χ2v) is 9.56. The molecule has 28 heavy (non-hydrogen) atoms. The molecule has 0 radical (unpaired) electrons. The summed E-state index contributed by atoms with van der Waals surface area (Å²) in [5.41, 5.74) is 0.800. The van der Waals surface area contributed by atoms with Gasteiger partial charge in [-0.05, 0) is 68.6 Å². The van der Waals surface area contributed by atoms with E-state index in [0.29, 0.717) is 24.7 Å². The van der Waals surface area contributed by atoms with Crippen LogP contribution in [0.4, 0.5) is 0 Å². The van der Waals surface area contributed by atoms with Crippen LogP contribution in [-0.4, -0.2) is 32.9 Å². The van der Waals surface area contributed by atoms with Crippen molar-refractivity contribution in [3.63, 3.8) is 0 Å². The summed E-state index contributed by atoms with van der Waals surface area (Å²) in [6.07, 6.45) is 12.9. The highest BCUT2D eigenvalue weighted by Gasteiger charge is 2.50. The predicted octanol–water partition coefficient (Wildman–Crippen LogP) is 2.95. The van der Waals surface area contributed by atoms with Gasteiger partial charge in [-0.25, -0.2) is 0 Å². The van der Waals surface area contributed by atoms with Crippen molar-refractivity contribution in [1.82, 2.24) is 15.3 Å². The van der Waals surface area contributed by atoms with Crippen LogP contribution < -0.4 is 5.32 Å². The van der Waals surface area contributed by atoms with Crippen molar-refractivity contribution < 1.29 is 9.72 Å². The number of nitrogens with one attached hydrogen (secondary N) is 1. The van der Waals surface area contributed by atoms with Crippen LogP contribution in [0.5, 0.6) is 0 Å². The highest BCUT2D eigenvalue weighted by Crippen LogP contribution is 2.53. The van der Waals surface area contributed by atoms with Crippen molar-refractivity contribution in [2.75, 3.05) is 0 Å². The maximum absolute atomic E-state index is 13.1. The molecule has 3 atom stereocenters. The van der Waals surface area contributed by atoms with E-state index in [9.17, 15) is 14.9 Å². The van der Waals surface area contributed by atoms with Gasteiger partial charge < -0.3 is 5.32 Å². The Bertz CT molecular complexity index is 727. The van der Waals surface area contributed by atoms with Gasteiger partial charge in [0.25, 0.3) is 0 Å². The maximum Gasteiger partial charge on any atom is 0.230 e. The molecule has 7 nitrogen and oxygen atoms in total. The fourth-order valence-corrected chi connectivity index (χ4v) is 6.91. The van der Waals surface area contributed by atoms with E-state index in [1.54, 1.807) is 18.6 Å². The number of rotatable bonds is 4. The largest absolute Gasteiger partial charge is 0.352 e. The Morgan fingerprint density at radius 1 is 1.04 bits per heavy atom. The third-order valence-corrected chi connectivity index (χ3v) is 7.96. The Morgan fingerprint density at radius 3 is 2.36 bits per heavy atom. The van der Waals surface area contributed by atoms with Gasteiger partial charge in [-0.3, -0.25) is 24.9 Å². The zero-order valence-electron chi connectivity index (χ0n) is 16.1. The van der Waals surface area contributed by atoms with E-state index in [2.05, 4.69) is 15.3 Å². The van der Waals surface area contributed by atoms with Gasteiger partial charge >= 0.3 is 0 Å². The maximum atomic E-state index is 13.1. The summed E-state index contributed by atoms with van der Waals surface area (Å²) in [6, 6.07) is -0.594. The molecule has 1 N–H and O–H groups in total. The molecule has 0 spiro atoms. The van der Waals surface area contributed by atoms with Gasteiger partial charge in [-0.1, -0.05) is 0 Å². The molecule has 7 heteroatoms. The van der Waals surface area contributed by atoms with Crippen LogP contribution >= 0.6 is 0 Å². The third kappa shape index (κ3) is 3.18. The zero-order valence-corrected chi connectivity index (χ0v) is 16.1. The van der Waals surface area contributed by atoms with Crippen molar-refractivity contribution in [3.05, 3.63) is 34.4 Å². The van der Waals surface area contributed by atoms with E-state index in [4.69, 9.17) is 0 Å². The molecule has 5 fully saturated rings. The van der Waals surface area contributed by atoms with Gasteiger partial charge in [-0.15, -0.1) is 0 Å². The molecule has 5 aliphatic rings. The SMILES string of the molecule is O=C(NC1C2CC3CC(C2)CC1C3)C1CCC(c2cnccn2)CC1[N+](=O)[O-]. The third-order valence-electron chi connectivity index (χ3n) is 7.96. The summed E-state index contributed by atoms with van der Waals surface area (Å²) in [4.78, 5) is 33.0. The fourth-order valence-electron chi connectivity index (χ4n) is 6.91. The van der Waals surface area contributed by atoms with Crippen LogP contribution in [0, 0.1) is 39.7 Å².